The van der Waals surface area contributed by atoms with E-state index in [1.165, 1.54) is 26.2 Å². The van der Waals surface area contributed by atoms with Crippen LogP contribution in [0.3, 0.4) is 0 Å². The van der Waals surface area contributed by atoms with Crippen molar-refractivity contribution >= 4 is 11.8 Å². The fraction of sp³-hybridized carbons (Fsp3) is 0.529. The number of carbonyl (C=O) groups excluding carboxylic acids is 2. The molecule has 0 unspecified atom stereocenters. The minimum Gasteiger partial charge on any atom is -0.352 e. The average Bonchev–Trinajstić information content (AvgIpc) is 2.48. The average molecular weight is 288 g/mol. The topological polar surface area (TPSA) is 49.4 Å². The molecule has 0 aromatic heterocycles. The van der Waals surface area contributed by atoms with Crippen molar-refractivity contribution in [1.29, 1.82) is 0 Å². The van der Waals surface area contributed by atoms with Gasteiger partial charge >= 0.3 is 0 Å². The Morgan fingerprint density at radius 1 is 1.14 bits per heavy atom. The van der Waals surface area contributed by atoms with Gasteiger partial charge in [-0.15, -0.1) is 0 Å². The first-order chi connectivity index (χ1) is 10.1. The molecule has 2 amide bonds. The van der Waals surface area contributed by atoms with E-state index in [4.69, 9.17) is 0 Å². The van der Waals surface area contributed by atoms with Gasteiger partial charge in [-0.2, -0.15) is 0 Å². The van der Waals surface area contributed by atoms with Crippen LogP contribution in [0.5, 0.6) is 0 Å². The molecule has 0 atom stereocenters. The summed E-state index contributed by atoms with van der Waals surface area (Å²) in [5.41, 5.74) is 1.04. The Morgan fingerprint density at radius 2 is 1.81 bits per heavy atom. The first-order valence-electron chi connectivity index (χ1n) is 7.74. The number of hydrogen-bond donors (Lipinski definition) is 1. The minimum absolute atomic E-state index is 0.0481. The van der Waals surface area contributed by atoms with E-state index in [1.54, 1.807) is 4.90 Å². The minimum atomic E-state index is -0.0716. The van der Waals surface area contributed by atoms with Crippen molar-refractivity contribution in [1.82, 2.24) is 10.2 Å². The molecule has 21 heavy (non-hydrogen) atoms. The molecule has 114 valence electrons. The molecule has 0 bridgehead atoms. The fourth-order valence-electron chi connectivity index (χ4n) is 2.78. The Hall–Kier alpha value is -1.84. The highest BCUT2D eigenvalue weighted by Gasteiger charge is 2.18. The van der Waals surface area contributed by atoms with Crippen LogP contribution in [0, 0.1) is 0 Å². The Labute approximate surface area is 126 Å². The molecule has 1 N–H and O–H groups in total. The molecule has 1 aliphatic rings. The van der Waals surface area contributed by atoms with Crippen LogP contribution in [0.2, 0.25) is 0 Å². The maximum absolute atomic E-state index is 12.1. The van der Waals surface area contributed by atoms with E-state index in [1.807, 2.05) is 30.3 Å². The van der Waals surface area contributed by atoms with E-state index >= 15 is 0 Å². The van der Waals surface area contributed by atoms with Gasteiger partial charge in [-0.05, 0) is 18.4 Å². The van der Waals surface area contributed by atoms with Gasteiger partial charge in [0.15, 0.2) is 0 Å². The number of nitrogens with zero attached hydrogens (tertiary/aromatic N) is 1. The van der Waals surface area contributed by atoms with Crippen LogP contribution >= 0.6 is 0 Å². The quantitative estimate of drug-likeness (QED) is 0.905. The normalized spacial score (nSPS) is 15.5. The number of hydrogen-bond acceptors (Lipinski definition) is 2. The Morgan fingerprint density at radius 3 is 2.43 bits per heavy atom. The Balaban J connectivity index is 1.86. The molecule has 0 spiro atoms. The van der Waals surface area contributed by atoms with E-state index in [0.717, 1.165) is 18.4 Å². The summed E-state index contributed by atoms with van der Waals surface area (Å²) in [4.78, 5) is 25.4. The van der Waals surface area contributed by atoms with Gasteiger partial charge in [0.1, 0.15) is 0 Å². The van der Waals surface area contributed by atoms with Crippen LogP contribution in [0.15, 0.2) is 30.3 Å². The number of carbonyl (C=O) groups is 2. The van der Waals surface area contributed by atoms with Gasteiger partial charge in [0.25, 0.3) is 0 Å². The molecule has 1 aromatic carbocycles. The number of rotatable bonds is 5. The summed E-state index contributed by atoms with van der Waals surface area (Å²) in [6, 6.07) is 10.0. The zero-order chi connectivity index (χ0) is 15.1. The van der Waals surface area contributed by atoms with Crippen molar-refractivity contribution in [3.63, 3.8) is 0 Å². The fourth-order valence-corrected chi connectivity index (χ4v) is 2.78. The Bertz CT molecular complexity index is 467. The molecule has 0 radical (unpaired) electrons. The summed E-state index contributed by atoms with van der Waals surface area (Å²) in [5.74, 6) is -0.120. The lowest BCUT2D eigenvalue weighted by Gasteiger charge is -2.25. The lowest BCUT2D eigenvalue weighted by atomic mass is 9.95. The van der Waals surface area contributed by atoms with Crippen LogP contribution in [0.1, 0.15) is 44.6 Å². The molecule has 0 heterocycles. The first-order valence-corrected chi connectivity index (χ1v) is 7.74. The third kappa shape index (κ3) is 5.21. The summed E-state index contributed by atoms with van der Waals surface area (Å²) >= 11 is 0. The van der Waals surface area contributed by atoms with Crippen LogP contribution in [-0.4, -0.2) is 29.3 Å². The van der Waals surface area contributed by atoms with Crippen molar-refractivity contribution in [3.05, 3.63) is 35.9 Å². The van der Waals surface area contributed by atoms with Crippen molar-refractivity contribution in [2.24, 2.45) is 0 Å². The van der Waals surface area contributed by atoms with E-state index in [-0.39, 0.29) is 24.4 Å². The summed E-state index contributed by atoms with van der Waals surface area (Å²) in [5, 5.41) is 3.06. The second kappa shape index (κ2) is 7.81. The Kier molecular flexibility index (Phi) is 5.78. The predicted octanol–water partition coefficient (Wildman–Crippen LogP) is 2.48. The van der Waals surface area contributed by atoms with Gasteiger partial charge < -0.3 is 10.2 Å². The molecule has 0 saturated heterocycles. The standard InChI is InChI=1S/C17H24N2O2/c1-14(20)19(12-15-8-4-2-5-9-15)13-17(21)18-16-10-6-3-7-11-16/h2,4-5,8-9,16H,3,6-7,10-13H2,1H3,(H,18,21). The maximum Gasteiger partial charge on any atom is 0.239 e. The molecule has 2 rings (SSSR count). The smallest absolute Gasteiger partial charge is 0.239 e. The van der Waals surface area contributed by atoms with Crippen LogP contribution in [0.25, 0.3) is 0 Å². The zero-order valence-electron chi connectivity index (χ0n) is 12.7. The molecule has 4 nitrogen and oxygen atoms in total. The molecule has 1 aliphatic carbocycles. The lowest BCUT2D eigenvalue weighted by Crippen LogP contribution is -2.43. The second-order valence-electron chi connectivity index (χ2n) is 5.76. The van der Waals surface area contributed by atoms with Crippen LogP contribution < -0.4 is 5.32 Å². The van der Waals surface area contributed by atoms with Gasteiger partial charge in [0, 0.05) is 19.5 Å². The highest BCUT2D eigenvalue weighted by atomic mass is 16.2. The van der Waals surface area contributed by atoms with Crippen LogP contribution in [-0.2, 0) is 16.1 Å². The van der Waals surface area contributed by atoms with Gasteiger partial charge in [-0.25, -0.2) is 0 Å². The molecule has 4 heteroatoms. The second-order valence-corrected chi connectivity index (χ2v) is 5.76. The first kappa shape index (κ1) is 15.5. The van der Waals surface area contributed by atoms with Gasteiger partial charge in [0.2, 0.25) is 11.8 Å². The van der Waals surface area contributed by atoms with Gasteiger partial charge in [0.05, 0.1) is 6.54 Å². The summed E-state index contributed by atoms with van der Waals surface area (Å²) in [6.45, 7) is 2.13. The van der Waals surface area contributed by atoms with E-state index in [0.29, 0.717) is 6.54 Å². The van der Waals surface area contributed by atoms with E-state index < -0.39 is 0 Å². The largest absolute Gasteiger partial charge is 0.352 e. The SMILES string of the molecule is CC(=O)N(CC(=O)NC1CCCCC1)Cc1ccccc1. The molecular formula is C17H24N2O2. The highest BCUT2D eigenvalue weighted by molar-refractivity contribution is 5.83. The molecule has 1 aromatic rings. The lowest BCUT2D eigenvalue weighted by molar-refractivity contribution is -0.135. The van der Waals surface area contributed by atoms with Crippen LogP contribution in [0.4, 0.5) is 0 Å². The maximum atomic E-state index is 12.1. The molecular weight excluding hydrogens is 264 g/mol. The number of amides is 2. The zero-order valence-corrected chi connectivity index (χ0v) is 12.7. The highest BCUT2D eigenvalue weighted by Crippen LogP contribution is 2.17. The van der Waals surface area contributed by atoms with Crippen molar-refractivity contribution in [3.8, 4) is 0 Å². The number of benzene rings is 1. The van der Waals surface area contributed by atoms with Gasteiger partial charge in [-0.3, -0.25) is 9.59 Å². The molecule has 1 fully saturated rings. The monoisotopic (exact) mass is 288 g/mol. The third-order valence-electron chi connectivity index (χ3n) is 3.97. The third-order valence-corrected chi connectivity index (χ3v) is 3.97. The summed E-state index contributed by atoms with van der Waals surface area (Å²) in [7, 11) is 0. The summed E-state index contributed by atoms with van der Waals surface area (Å²) in [6.07, 6.45) is 5.76. The van der Waals surface area contributed by atoms with Crippen molar-refractivity contribution in [2.45, 2.75) is 51.6 Å². The van der Waals surface area contributed by atoms with Crippen molar-refractivity contribution < 1.29 is 9.59 Å². The number of nitrogens with one attached hydrogen (secondary N) is 1. The van der Waals surface area contributed by atoms with E-state index in [2.05, 4.69) is 5.32 Å². The van der Waals surface area contributed by atoms with Gasteiger partial charge in [-0.1, -0.05) is 49.6 Å². The van der Waals surface area contributed by atoms with E-state index in [9.17, 15) is 9.59 Å². The van der Waals surface area contributed by atoms with Crippen molar-refractivity contribution in [2.75, 3.05) is 6.54 Å². The molecule has 1 saturated carbocycles. The predicted molar refractivity (Wildman–Crippen MR) is 82.5 cm³/mol. The molecule has 0 aliphatic heterocycles. The summed E-state index contributed by atoms with van der Waals surface area (Å²) < 4.78 is 0.